The molecule has 1 unspecified atom stereocenters. The first-order valence-electron chi connectivity index (χ1n) is 6.00. The third-order valence-electron chi connectivity index (χ3n) is 3.61. The molecule has 0 N–H and O–H groups in total. The van der Waals surface area contributed by atoms with Crippen molar-refractivity contribution in [2.45, 2.75) is 39.2 Å². The second kappa shape index (κ2) is 5.28. The molecule has 0 amide bonds. The molecule has 1 heterocycles. The van der Waals surface area contributed by atoms with Gasteiger partial charge < -0.3 is 4.90 Å². The molecule has 90 valence electrons. The lowest BCUT2D eigenvalue weighted by atomic mass is 9.91. The summed E-state index contributed by atoms with van der Waals surface area (Å²) >= 11 is 0. The Morgan fingerprint density at radius 2 is 2.07 bits per heavy atom. The van der Waals surface area contributed by atoms with Crippen molar-refractivity contribution in [3.63, 3.8) is 0 Å². The SMILES string of the molecule is CC1CCN(OCCCN(C)C)C1(C)C. The van der Waals surface area contributed by atoms with E-state index in [-0.39, 0.29) is 5.54 Å². The number of nitrogens with zero attached hydrogens (tertiary/aromatic N) is 2. The van der Waals surface area contributed by atoms with E-state index < -0.39 is 0 Å². The van der Waals surface area contributed by atoms with Crippen molar-refractivity contribution in [1.82, 2.24) is 9.96 Å². The molecule has 0 aromatic heterocycles. The van der Waals surface area contributed by atoms with Crippen LogP contribution in [-0.4, -0.2) is 49.3 Å². The maximum atomic E-state index is 5.85. The van der Waals surface area contributed by atoms with Gasteiger partial charge in [-0.3, -0.25) is 4.84 Å². The monoisotopic (exact) mass is 214 g/mol. The summed E-state index contributed by atoms with van der Waals surface area (Å²) in [6, 6.07) is 0. The zero-order chi connectivity index (χ0) is 11.5. The third kappa shape index (κ3) is 3.44. The average molecular weight is 214 g/mol. The van der Waals surface area contributed by atoms with Gasteiger partial charge in [0.2, 0.25) is 0 Å². The minimum atomic E-state index is 0.206. The van der Waals surface area contributed by atoms with Gasteiger partial charge in [-0.15, -0.1) is 0 Å². The Morgan fingerprint density at radius 1 is 1.40 bits per heavy atom. The van der Waals surface area contributed by atoms with Crippen molar-refractivity contribution < 1.29 is 4.84 Å². The summed E-state index contributed by atoms with van der Waals surface area (Å²) in [5.41, 5.74) is 0.206. The van der Waals surface area contributed by atoms with Crippen molar-refractivity contribution in [2.24, 2.45) is 5.92 Å². The van der Waals surface area contributed by atoms with Crippen LogP contribution in [0.25, 0.3) is 0 Å². The van der Waals surface area contributed by atoms with Gasteiger partial charge in [-0.05, 0) is 53.2 Å². The summed E-state index contributed by atoms with van der Waals surface area (Å²) in [4.78, 5) is 8.04. The minimum absolute atomic E-state index is 0.206. The normalized spacial score (nSPS) is 26.4. The van der Waals surface area contributed by atoms with Gasteiger partial charge in [0.15, 0.2) is 0 Å². The molecule has 1 aliphatic heterocycles. The first-order valence-corrected chi connectivity index (χ1v) is 6.00. The van der Waals surface area contributed by atoms with Gasteiger partial charge in [-0.25, -0.2) is 0 Å². The Kier molecular flexibility index (Phi) is 4.56. The van der Waals surface area contributed by atoms with E-state index in [1.807, 2.05) is 0 Å². The van der Waals surface area contributed by atoms with E-state index in [9.17, 15) is 0 Å². The van der Waals surface area contributed by atoms with E-state index >= 15 is 0 Å². The Hall–Kier alpha value is -0.120. The van der Waals surface area contributed by atoms with Crippen LogP contribution in [0.5, 0.6) is 0 Å². The van der Waals surface area contributed by atoms with E-state index in [4.69, 9.17) is 4.84 Å². The molecule has 0 aliphatic carbocycles. The molecule has 1 fully saturated rings. The van der Waals surface area contributed by atoms with E-state index in [1.165, 1.54) is 6.42 Å². The zero-order valence-corrected chi connectivity index (χ0v) is 10.9. The van der Waals surface area contributed by atoms with Crippen LogP contribution >= 0.6 is 0 Å². The highest BCUT2D eigenvalue weighted by molar-refractivity contribution is 4.89. The molecular weight excluding hydrogens is 188 g/mol. The van der Waals surface area contributed by atoms with Gasteiger partial charge in [0.25, 0.3) is 0 Å². The molecule has 1 atom stereocenters. The fourth-order valence-electron chi connectivity index (χ4n) is 1.98. The van der Waals surface area contributed by atoms with Crippen molar-refractivity contribution in [1.29, 1.82) is 0 Å². The predicted octanol–water partition coefficient (Wildman–Crippen LogP) is 1.99. The molecule has 0 radical (unpaired) electrons. The summed E-state index contributed by atoms with van der Waals surface area (Å²) in [6.07, 6.45) is 2.36. The van der Waals surface area contributed by atoms with E-state index in [0.717, 1.165) is 32.0 Å². The fraction of sp³-hybridized carbons (Fsp3) is 1.00. The molecular formula is C12H26N2O. The maximum Gasteiger partial charge on any atom is 0.0697 e. The van der Waals surface area contributed by atoms with Crippen molar-refractivity contribution >= 4 is 0 Å². The summed E-state index contributed by atoms with van der Waals surface area (Å²) in [6.45, 7) is 9.88. The van der Waals surface area contributed by atoms with Crippen LogP contribution in [0.15, 0.2) is 0 Å². The highest BCUT2D eigenvalue weighted by Gasteiger charge is 2.39. The molecule has 15 heavy (non-hydrogen) atoms. The predicted molar refractivity (Wildman–Crippen MR) is 63.7 cm³/mol. The third-order valence-corrected chi connectivity index (χ3v) is 3.61. The van der Waals surface area contributed by atoms with Gasteiger partial charge in [0, 0.05) is 12.1 Å². The lowest BCUT2D eigenvalue weighted by Crippen LogP contribution is -2.41. The van der Waals surface area contributed by atoms with Crippen molar-refractivity contribution in [3.05, 3.63) is 0 Å². The molecule has 0 aromatic rings. The summed E-state index contributed by atoms with van der Waals surface area (Å²) in [7, 11) is 4.20. The Labute approximate surface area is 94.3 Å². The largest absolute Gasteiger partial charge is 0.309 e. The number of hydroxylamine groups is 2. The molecule has 0 aromatic carbocycles. The van der Waals surface area contributed by atoms with Crippen LogP contribution in [0.4, 0.5) is 0 Å². The van der Waals surface area contributed by atoms with Crippen molar-refractivity contribution in [2.75, 3.05) is 33.8 Å². The quantitative estimate of drug-likeness (QED) is 0.651. The fourth-order valence-corrected chi connectivity index (χ4v) is 1.98. The van der Waals surface area contributed by atoms with Gasteiger partial charge in [0.05, 0.1) is 6.61 Å². The molecule has 1 aliphatic rings. The average Bonchev–Trinajstić information content (AvgIpc) is 2.38. The first-order chi connectivity index (χ1) is 6.94. The van der Waals surface area contributed by atoms with E-state index in [0.29, 0.717) is 0 Å². The molecule has 1 rings (SSSR count). The molecule has 1 saturated heterocycles. The molecule has 0 spiro atoms. The van der Waals surface area contributed by atoms with Gasteiger partial charge >= 0.3 is 0 Å². The van der Waals surface area contributed by atoms with Crippen LogP contribution in [0.3, 0.4) is 0 Å². The van der Waals surface area contributed by atoms with Crippen LogP contribution in [-0.2, 0) is 4.84 Å². The molecule has 3 heteroatoms. The lowest BCUT2D eigenvalue weighted by molar-refractivity contribution is -0.200. The smallest absolute Gasteiger partial charge is 0.0697 e. The summed E-state index contributed by atoms with van der Waals surface area (Å²) < 4.78 is 0. The zero-order valence-electron chi connectivity index (χ0n) is 10.9. The number of hydrogen-bond acceptors (Lipinski definition) is 3. The topological polar surface area (TPSA) is 15.7 Å². The van der Waals surface area contributed by atoms with E-state index in [1.54, 1.807) is 0 Å². The van der Waals surface area contributed by atoms with Crippen molar-refractivity contribution in [3.8, 4) is 0 Å². The first kappa shape index (κ1) is 12.9. The standard InChI is InChI=1S/C12H26N2O/c1-11-7-9-14(12(11,2)3)15-10-6-8-13(4)5/h11H,6-10H2,1-5H3. The Morgan fingerprint density at radius 3 is 2.53 bits per heavy atom. The van der Waals surface area contributed by atoms with Crippen LogP contribution in [0, 0.1) is 5.92 Å². The van der Waals surface area contributed by atoms with E-state index in [2.05, 4.69) is 44.8 Å². The maximum absolute atomic E-state index is 5.85. The van der Waals surface area contributed by atoms with Crippen LogP contribution in [0.1, 0.15) is 33.6 Å². The number of rotatable bonds is 5. The highest BCUT2D eigenvalue weighted by atomic mass is 16.7. The van der Waals surface area contributed by atoms with Gasteiger partial charge in [-0.2, -0.15) is 5.06 Å². The Balaban J connectivity index is 2.22. The van der Waals surface area contributed by atoms with Crippen LogP contribution < -0.4 is 0 Å². The summed E-state index contributed by atoms with van der Waals surface area (Å²) in [5.74, 6) is 0.728. The summed E-state index contributed by atoms with van der Waals surface area (Å²) in [5, 5.41) is 2.17. The Bertz CT molecular complexity index is 192. The highest BCUT2D eigenvalue weighted by Crippen LogP contribution is 2.33. The molecule has 3 nitrogen and oxygen atoms in total. The minimum Gasteiger partial charge on any atom is -0.309 e. The second-order valence-corrected chi connectivity index (χ2v) is 5.44. The molecule has 0 bridgehead atoms. The lowest BCUT2D eigenvalue weighted by Gasteiger charge is -2.33. The van der Waals surface area contributed by atoms with Gasteiger partial charge in [-0.1, -0.05) is 6.92 Å². The number of hydrogen-bond donors (Lipinski definition) is 0. The second-order valence-electron chi connectivity index (χ2n) is 5.44. The molecule has 0 saturated carbocycles. The van der Waals surface area contributed by atoms with Gasteiger partial charge in [0.1, 0.15) is 0 Å². The van der Waals surface area contributed by atoms with Crippen LogP contribution in [0.2, 0.25) is 0 Å².